The molecule has 0 fully saturated rings. The molecule has 8 heteroatoms. The Labute approximate surface area is 154 Å². The summed E-state index contributed by atoms with van der Waals surface area (Å²) < 4.78 is 25.0. The number of hydrogen-bond acceptors (Lipinski definition) is 5. The lowest BCUT2D eigenvalue weighted by atomic mass is 10.1. The Morgan fingerprint density at radius 2 is 1.89 bits per heavy atom. The van der Waals surface area contributed by atoms with E-state index in [-0.39, 0.29) is 11.9 Å². The predicted octanol–water partition coefficient (Wildman–Crippen LogP) is 2.50. The number of carbonyl (C=O) groups is 1. The highest BCUT2D eigenvalue weighted by atomic mass is 19.1. The van der Waals surface area contributed by atoms with Crippen LogP contribution in [-0.4, -0.2) is 29.7 Å². The van der Waals surface area contributed by atoms with Gasteiger partial charge in [-0.2, -0.15) is 0 Å². The normalized spacial score (nSPS) is 10.7. The summed E-state index contributed by atoms with van der Waals surface area (Å²) in [5.74, 6) is 0.0536. The molecule has 27 heavy (non-hydrogen) atoms. The minimum atomic E-state index is -0.537. The smallest absolute Gasteiger partial charge is 0.261 e. The summed E-state index contributed by atoms with van der Waals surface area (Å²) in [7, 11) is 3.02. The van der Waals surface area contributed by atoms with Crippen molar-refractivity contribution in [2.45, 2.75) is 13.5 Å². The molecule has 1 amide bonds. The van der Waals surface area contributed by atoms with Crippen LogP contribution < -0.4 is 20.3 Å². The van der Waals surface area contributed by atoms with Crippen molar-refractivity contribution in [3.05, 3.63) is 58.4 Å². The zero-order valence-electron chi connectivity index (χ0n) is 15.1. The Morgan fingerprint density at radius 1 is 1.19 bits per heavy atom. The summed E-state index contributed by atoms with van der Waals surface area (Å²) >= 11 is 0. The first-order valence-electron chi connectivity index (χ1n) is 8.10. The van der Waals surface area contributed by atoms with Crippen LogP contribution in [0.5, 0.6) is 11.5 Å². The Balaban J connectivity index is 1.85. The van der Waals surface area contributed by atoms with Crippen LogP contribution in [0.15, 0.2) is 41.5 Å². The van der Waals surface area contributed by atoms with E-state index in [1.807, 2.05) is 6.92 Å². The molecule has 3 rings (SSSR count). The quantitative estimate of drug-likeness (QED) is 0.745. The molecule has 0 atom stereocenters. The highest BCUT2D eigenvalue weighted by molar-refractivity contribution is 5.92. The number of benzene rings is 2. The maximum absolute atomic E-state index is 13.4. The van der Waals surface area contributed by atoms with Gasteiger partial charge in [-0.1, -0.05) is 0 Å². The van der Waals surface area contributed by atoms with Crippen LogP contribution >= 0.6 is 0 Å². The summed E-state index contributed by atoms with van der Waals surface area (Å²) in [6.45, 7) is 1.55. The van der Waals surface area contributed by atoms with Crippen LogP contribution in [0.4, 0.5) is 10.1 Å². The molecular weight excluding hydrogens is 353 g/mol. The first-order chi connectivity index (χ1) is 12.9. The lowest BCUT2D eigenvalue weighted by molar-refractivity contribution is -0.116. The first-order valence-corrected chi connectivity index (χ1v) is 8.10. The molecule has 1 N–H and O–H groups in total. The van der Waals surface area contributed by atoms with Gasteiger partial charge >= 0.3 is 0 Å². The maximum atomic E-state index is 13.4. The van der Waals surface area contributed by atoms with Crippen molar-refractivity contribution in [3.8, 4) is 11.5 Å². The second kappa shape index (κ2) is 7.45. The number of fused-ring (bicyclic) bond motifs is 1. The van der Waals surface area contributed by atoms with Crippen LogP contribution in [0.1, 0.15) is 5.56 Å². The van der Waals surface area contributed by atoms with Gasteiger partial charge in [0.15, 0.2) is 11.5 Å². The molecule has 140 valence electrons. The molecule has 0 aliphatic heterocycles. The van der Waals surface area contributed by atoms with Crippen molar-refractivity contribution >= 4 is 22.5 Å². The van der Waals surface area contributed by atoms with Crippen molar-refractivity contribution < 1.29 is 18.7 Å². The second-order valence-electron chi connectivity index (χ2n) is 5.91. The van der Waals surface area contributed by atoms with Gasteiger partial charge < -0.3 is 14.8 Å². The molecule has 7 nitrogen and oxygen atoms in total. The van der Waals surface area contributed by atoms with E-state index in [1.165, 1.54) is 32.7 Å². The van der Waals surface area contributed by atoms with E-state index in [0.29, 0.717) is 22.7 Å². The van der Waals surface area contributed by atoms with Gasteiger partial charge in [0.1, 0.15) is 12.4 Å². The largest absolute Gasteiger partial charge is 0.493 e. The highest BCUT2D eigenvalue weighted by Crippen LogP contribution is 2.32. The molecule has 0 aliphatic rings. The predicted molar refractivity (Wildman–Crippen MR) is 98.9 cm³/mol. The van der Waals surface area contributed by atoms with Gasteiger partial charge in [-0.3, -0.25) is 14.2 Å². The minimum Gasteiger partial charge on any atom is -0.493 e. The van der Waals surface area contributed by atoms with E-state index in [4.69, 9.17) is 9.47 Å². The van der Waals surface area contributed by atoms with Gasteiger partial charge in [-0.25, -0.2) is 9.37 Å². The average Bonchev–Trinajstić information content (AvgIpc) is 2.65. The summed E-state index contributed by atoms with van der Waals surface area (Å²) in [5, 5.41) is 2.85. The Hall–Kier alpha value is -3.42. The van der Waals surface area contributed by atoms with Gasteiger partial charge in [0, 0.05) is 11.8 Å². The molecule has 2 aromatic carbocycles. The van der Waals surface area contributed by atoms with E-state index < -0.39 is 17.3 Å². The summed E-state index contributed by atoms with van der Waals surface area (Å²) in [5.41, 5.74) is 1.19. The number of amides is 1. The van der Waals surface area contributed by atoms with Crippen molar-refractivity contribution in [1.29, 1.82) is 0 Å². The molecule has 0 unspecified atom stereocenters. The van der Waals surface area contributed by atoms with Gasteiger partial charge in [0.05, 0.1) is 31.4 Å². The zero-order chi connectivity index (χ0) is 19.6. The maximum Gasteiger partial charge on any atom is 0.261 e. The molecule has 1 heterocycles. The van der Waals surface area contributed by atoms with Crippen molar-refractivity contribution in [3.63, 3.8) is 0 Å². The number of halogens is 1. The number of rotatable bonds is 5. The Morgan fingerprint density at radius 3 is 2.59 bits per heavy atom. The Kier molecular flexibility index (Phi) is 5.07. The van der Waals surface area contributed by atoms with E-state index >= 15 is 0 Å². The van der Waals surface area contributed by atoms with E-state index in [2.05, 4.69) is 10.3 Å². The third kappa shape index (κ3) is 3.74. The van der Waals surface area contributed by atoms with Crippen molar-refractivity contribution in [2.75, 3.05) is 19.5 Å². The average molecular weight is 371 g/mol. The monoisotopic (exact) mass is 371 g/mol. The molecule has 3 aromatic rings. The van der Waals surface area contributed by atoms with Crippen LogP contribution in [0.25, 0.3) is 10.9 Å². The number of hydrogen-bond donors (Lipinski definition) is 1. The molecule has 0 aliphatic carbocycles. The fourth-order valence-corrected chi connectivity index (χ4v) is 2.70. The summed E-state index contributed by atoms with van der Waals surface area (Å²) in [6.07, 6.45) is 1.27. The highest BCUT2D eigenvalue weighted by Gasteiger charge is 2.13. The third-order valence-corrected chi connectivity index (χ3v) is 4.10. The first kappa shape index (κ1) is 18.4. The van der Waals surface area contributed by atoms with E-state index in [0.717, 1.165) is 16.2 Å². The van der Waals surface area contributed by atoms with Crippen LogP contribution in [0, 0.1) is 12.7 Å². The molecule has 1 aromatic heterocycles. The lowest BCUT2D eigenvalue weighted by Gasteiger charge is -2.14. The minimum absolute atomic E-state index is 0.118. The SMILES string of the molecule is COc1cc(C)c(NC(=O)Cn2cnc3ccc(F)cc3c2=O)cc1OC. The number of nitrogens with one attached hydrogen (secondary N) is 1. The number of ether oxygens (including phenoxy) is 2. The summed E-state index contributed by atoms with van der Waals surface area (Å²) in [6, 6.07) is 7.14. The number of carbonyl (C=O) groups excluding carboxylic acids is 1. The molecule has 0 spiro atoms. The lowest BCUT2D eigenvalue weighted by Crippen LogP contribution is -2.28. The van der Waals surface area contributed by atoms with Crippen LogP contribution in [-0.2, 0) is 11.3 Å². The fourth-order valence-electron chi connectivity index (χ4n) is 2.70. The zero-order valence-corrected chi connectivity index (χ0v) is 15.1. The molecular formula is C19H18FN3O4. The number of methoxy groups -OCH3 is 2. The second-order valence-corrected chi connectivity index (χ2v) is 5.91. The molecule has 0 saturated heterocycles. The number of aromatic nitrogens is 2. The molecule has 0 bridgehead atoms. The van der Waals surface area contributed by atoms with Gasteiger partial charge in [0.25, 0.3) is 5.56 Å². The number of aryl methyl sites for hydroxylation is 1. The fraction of sp³-hybridized carbons (Fsp3) is 0.211. The number of anilines is 1. The van der Waals surface area contributed by atoms with E-state index in [9.17, 15) is 14.0 Å². The number of nitrogens with zero attached hydrogens (tertiary/aromatic N) is 2. The molecule has 0 saturated carbocycles. The van der Waals surface area contributed by atoms with Crippen LogP contribution in [0.3, 0.4) is 0 Å². The molecule has 0 radical (unpaired) electrons. The topological polar surface area (TPSA) is 82.5 Å². The van der Waals surface area contributed by atoms with Crippen LogP contribution in [0.2, 0.25) is 0 Å². The standard InChI is InChI=1S/C19H18FN3O4/c1-11-6-16(26-2)17(27-3)8-15(11)22-18(24)9-23-10-21-14-5-4-12(20)7-13(14)19(23)25/h4-8,10H,9H2,1-3H3,(H,22,24). The summed E-state index contributed by atoms with van der Waals surface area (Å²) in [4.78, 5) is 28.9. The third-order valence-electron chi connectivity index (χ3n) is 4.10. The van der Waals surface area contributed by atoms with Crippen molar-refractivity contribution in [1.82, 2.24) is 9.55 Å². The van der Waals surface area contributed by atoms with Gasteiger partial charge in [-0.05, 0) is 36.8 Å². The van der Waals surface area contributed by atoms with E-state index in [1.54, 1.807) is 12.1 Å². The van der Waals surface area contributed by atoms with Gasteiger partial charge in [0.2, 0.25) is 5.91 Å². The van der Waals surface area contributed by atoms with Crippen molar-refractivity contribution in [2.24, 2.45) is 0 Å². The Bertz CT molecular complexity index is 1080. The van der Waals surface area contributed by atoms with Gasteiger partial charge in [-0.15, -0.1) is 0 Å².